The van der Waals surface area contributed by atoms with Gasteiger partial charge in [-0.2, -0.15) is 13.2 Å². The molecular weight excluding hydrogens is 251 g/mol. The molecule has 1 aliphatic carbocycles. The van der Waals surface area contributed by atoms with E-state index in [-0.39, 0.29) is 12.3 Å². The van der Waals surface area contributed by atoms with Crippen molar-refractivity contribution in [2.75, 3.05) is 0 Å². The van der Waals surface area contributed by atoms with Crippen LogP contribution in [0, 0.1) is 5.92 Å². The molecular formula is C11H14F3NO3. The maximum Gasteiger partial charge on any atom is 0.471 e. The molecule has 18 heavy (non-hydrogen) atoms. The van der Waals surface area contributed by atoms with E-state index in [9.17, 15) is 22.8 Å². The van der Waals surface area contributed by atoms with Crippen molar-refractivity contribution >= 4 is 11.9 Å². The second-order valence-electron chi connectivity index (χ2n) is 4.91. The number of nitrogens with zero attached hydrogens (tertiary/aromatic N) is 1. The number of alkyl halides is 3. The van der Waals surface area contributed by atoms with Crippen molar-refractivity contribution in [3.63, 3.8) is 0 Å². The van der Waals surface area contributed by atoms with E-state index in [1.165, 1.54) is 0 Å². The summed E-state index contributed by atoms with van der Waals surface area (Å²) in [7, 11) is 0. The van der Waals surface area contributed by atoms with Crippen LogP contribution in [-0.2, 0) is 9.59 Å². The maximum absolute atomic E-state index is 12.5. The maximum atomic E-state index is 12.5. The molecule has 2 aliphatic rings. The molecule has 0 bridgehead atoms. The highest BCUT2D eigenvalue weighted by atomic mass is 19.4. The Hall–Kier alpha value is -1.27. The third-order valence-corrected chi connectivity index (χ3v) is 3.85. The van der Waals surface area contributed by atoms with Gasteiger partial charge in [0.1, 0.15) is 6.04 Å². The summed E-state index contributed by atoms with van der Waals surface area (Å²) in [4.78, 5) is 23.0. The molecule has 0 aromatic heterocycles. The molecule has 1 saturated heterocycles. The zero-order valence-electron chi connectivity index (χ0n) is 9.61. The first-order valence-electron chi connectivity index (χ1n) is 5.94. The second-order valence-corrected chi connectivity index (χ2v) is 4.91. The van der Waals surface area contributed by atoms with Crippen LogP contribution in [-0.4, -0.2) is 40.1 Å². The smallest absolute Gasteiger partial charge is 0.471 e. The number of carboxylic acid groups (broad SMARTS) is 1. The number of amides is 1. The van der Waals surface area contributed by atoms with Gasteiger partial charge in [0.25, 0.3) is 0 Å². The quantitative estimate of drug-likeness (QED) is 0.786. The van der Waals surface area contributed by atoms with Crippen LogP contribution in [0.2, 0.25) is 0 Å². The van der Waals surface area contributed by atoms with Gasteiger partial charge in [-0.1, -0.05) is 12.8 Å². The Balaban J connectivity index is 2.27. The summed E-state index contributed by atoms with van der Waals surface area (Å²) in [6.07, 6.45) is -2.05. The lowest BCUT2D eigenvalue weighted by Crippen LogP contribution is -2.51. The highest BCUT2D eigenvalue weighted by Gasteiger charge is 2.54. The first kappa shape index (κ1) is 13.2. The Bertz CT molecular complexity index is 369. The minimum absolute atomic E-state index is 0.105. The SMILES string of the molecule is O=C(O)[C@@H]1C[C@@H]2CCCC[C@@H]2N1C(=O)C(F)(F)F. The summed E-state index contributed by atoms with van der Waals surface area (Å²) in [5.74, 6) is -3.46. The first-order chi connectivity index (χ1) is 8.32. The number of carbonyl (C=O) groups is 2. The molecule has 3 atom stereocenters. The normalized spacial score (nSPS) is 32.2. The third kappa shape index (κ3) is 2.18. The van der Waals surface area contributed by atoms with Crippen LogP contribution in [0.25, 0.3) is 0 Å². The van der Waals surface area contributed by atoms with Crippen LogP contribution < -0.4 is 0 Å². The number of hydrogen-bond acceptors (Lipinski definition) is 2. The fourth-order valence-electron chi connectivity index (χ4n) is 3.12. The predicted octanol–water partition coefficient (Wildman–Crippen LogP) is 1.79. The van der Waals surface area contributed by atoms with Crippen molar-refractivity contribution in [3.8, 4) is 0 Å². The largest absolute Gasteiger partial charge is 0.480 e. The van der Waals surface area contributed by atoms with E-state index < -0.39 is 30.1 Å². The van der Waals surface area contributed by atoms with Gasteiger partial charge in [-0.05, 0) is 25.2 Å². The van der Waals surface area contributed by atoms with Gasteiger partial charge in [0.05, 0.1) is 0 Å². The van der Waals surface area contributed by atoms with Crippen LogP contribution in [0.5, 0.6) is 0 Å². The Morgan fingerprint density at radius 1 is 1.17 bits per heavy atom. The van der Waals surface area contributed by atoms with Crippen LogP contribution in [0.3, 0.4) is 0 Å². The Morgan fingerprint density at radius 2 is 1.78 bits per heavy atom. The monoisotopic (exact) mass is 265 g/mol. The average Bonchev–Trinajstić information content (AvgIpc) is 2.65. The van der Waals surface area contributed by atoms with E-state index in [2.05, 4.69) is 0 Å². The number of carboxylic acids is 1. The fraction of sp³-hybridized carbons (Fsp3) is 0.818. The van der Waals surface area contributed by atoms with Crippen LogP contribution in [0.1, 0.15) is 32.1 Å². The Labute approximate surface area is 102 Å². The van der Waals surface area contributed by atoms with Gasteiger partial charge >= 0.3 is 18.1 Å². The Morgan fingerprint density at radius 3 is 2.33 bits per heavy atom. The summed E-state index contributed by atoms with van der Waals surface area (Å²) in [6, 6.07) is -1.89. The minimum Gasteiger partial charge on any atom is -0.480 e. The van der Waals surface area contributed by atoms with E-state index in [0.717, 1.165) is 12.8 Å². The van der Waals surface area contributed by atoms with E-state index in [1.54, 1.807) is 0 Å². The average molecular weight is 265 g/mol. The van der Waals surface area contributed by atoms with Gasteiger partial charge in [-0.25, -0.2) is 4.79 Å². The molecule has 1 heterocycles. The summed E-state index contributed by atoms with van der Waals surface area (Å²) in [5, 5.41) is 8.98. The first-order valence-corrected chi connectivity index (χ1v) is 5.94. The van der Waals surface area contributed by atoms with Gasteiger partial charge in [0.2, 0.25) is 0 Å². The predicted molar refractivity (Wildman–Crippen MR) is 54.7 cm³/mol. The van der Waals surface area contributed by atoms with Crippen molar-refractivity contribution in [2.24, 2.45) is 5.92 Å². The summed E-state index contributed by atoms with van der Waals surface area (Å²) < 4.78 is 37.5. The van der Waals surface area contributed by atoms with E-state index in [4.69, 9.17) is 5.11 Å². The summed E-state index contributed by atoms with van der Waals surface area (Å²) in [5.41, 5.74) is 0. The highest BCUT2D eigenvalue weighted by Crippen LogP contribution is 2.41. The molecule has 4 nitrogen and oxygen atoms in total. The standard InChI is InChI=1S/C11H14F3NO3/c12-11(13,14)10(18)15-7-4-2-1-3-6(7)5-8(15)9(16)17/h6-8H,1-5H2,(H,16,17)/t6-,7-,8-/m0/s1. The molecule has 1 amide bonds. The molecule has 1 N–H and O–H groups in total. The fourth-order valence-corrected chi connectivity index (χ4v) is 3.12. The van der Waals surface area contributed by atoms with E-state index in [0.29, 0.717) is 17.7 Å². The second kappa shape index (κ2) is 4.44. The van der Waals surface area contributed by atoms with Crippen molar-refractivity contribution in [2.45, 2.75) is 50.4 Å². The number of likely N-dealkylation sites (tertiary alicyclic amines) is 1. The van der Waals surface area contributed by atoms with E-state index in [1.807, 2.05) is 0 Å². The Kier molecular flexibility index (Phi) is 3.25. The molecule has 0 spiro atoms. The van der Waals surface area contributed by atoms with E-state index >= 15 is 0 Å². The molecule has 1 saturated carbocycles. The van der Waals surface area contributed by atoms with Gasteiger partial charge in [0, 0.05) is 6.04 Å². The molecule has 2 fully saturated rings. The molecule has 0 unspecified atom stereocenters. The summed E-state index contributed by atoms with van der Waals surface area (Å²) in [6.45, 7) is 0. The zero-order valence-corrected chi connectivity index (χ0v) is 9.61. The molecule has 0 aromatic carbocycles. The molecule has 2 rings (SSSR count). The third-order valence-electron chi connectivity index (χ3n) is 3.85. The topological polar surface area (TPSA) is 57.6 Å². The zero-order chi connectivity index (χ0) is 13.5. The molecule has 7 heteroatoms. The lowest BCUT2D eigenvalue weighted by molar-refractivity contribution is -0.190. The highest BCUT2D eigenvalue weighted by molar-refractivity contribution is 5.88. The molecule has 102 valence electrons. The van der Waals surface area contributed by atoms with Crippen LogP contribution >= 0.6 is 0 Å². The van der Waals surface area contributed by atoms with Crippen molar-refractivity contribution in [1.82, 2.24) is 4.90 Å². The lowest BCUT2D eigenvalue weighted by atomic mass is 9.85. The number of halogens is 3. The van der Waals surface area contributed by atoms with Gasteiger partial charge < -0.3 is 10.0 Å². The molecule has 0 aromatic rings. The van der Waals surface area contributed by atoms with Crippen LogP contribution in [0.4, 0.5) is 13.2 Å². The number of rotatable bonds is 1. The van der Waals surface area contributed by atoms with Crippen molar-refractivity contribution < 1.29 is 27.9 Å². The number of aliphatic carboxylic acids is 1. The van der Waals surface area contributed by atoms with Gasteiger partial charge in [-0.15, -0.1) is 0 Å². The van der Waals surface area contributed by atoms with Crippen molar-refractivity contribution in [1.29, 1.82) is 0 Å². The number of carbonyl (C=O) groups excluding carboxylic acids is 1. The molecule has 0 radical (unpaired) electrons. The van der Waals surface area contributed by atoms with Crippen LogP contribution in [0.15, 0.2) is 0 Å². The van der Waals surface area contributed by atoms with Gasteiger partial charge in [0.15, 0.2) is 0 Å². The lowest BCUT2D eigenvalue weighted by Gasteiger charge is -2.33. The molecule has 1 aliphatic heterocycles. The minimum atomic E-state index is -5.00. The van der Waals surface area contributed by atoms with Gasteiger partial charge in [-0.3, -0.25) is 4.79 Å². The number of hydrogen-bond donors (Lipinski definition) is 1. The summed E-state index contributed by atoms with van der Waals surface area (Å²) >= 11 is 0. The number of fused-ring (bicyclic) bond motifs is 1. The van der Waals surface area contributed by atoms with Crippen molar-refractivity contribution in [3.05, 3.63) is 0 Å².